The largest absolute Gasteiger partial charge is 0.480 e. The van der Waals surface area contributed by atoms with Gasteiger partial charge in [-0.15, -0.1) is 0 Å². The molecule has 0 amide bonds. The van der Waals surface area contributed by atoms with Crippen molar-refractivity contribution >= 4 is 5.97 Å². The summed E-state index contributed by atoms with van der Waals surface area (Å²) in [5.74, 6) is -4.37. The van der Waals surface area contributed by atoms with Gasteiger partial charge in [0.1, 0.15) is 5.54 Å². The molecule has 0 spiro atoms. The smallest absolute Gasteiger partial charge is 0.323 e. The minimum absolute atomic E-state index is 0.0336. The Morgan fingerprint density at radius 3 is 2.57 bits per heavy atom. The second-order valence-electron chi connectivity index (χ2n) is 4.26. The van der Waals surface area contributed by atoms with Gasteiger partial charge in [-0.1, -0.05) is 0 Å². The highest BCUT2D eigenvalue weighted by Gasteiger charge is 2.53. The minimum Gasteiger partial charge on any atom is -0.480 e. The highest BCUT2D eigenvalue weighted by molar-refractivity contribution is 5.79. The van der Waals surface area contributed by atoms with Gasteiger partial charge in [-0.05, 0) is 19.3 Å². The van der Waals surface area contributed by atoms with E-state index in [0.717, 1.165) is 0 Å². The molecule has 5 heteroatoms. The summed E-state index contributed by atoms with van der Waals surface area (Å²) in [6.45, 7) is 0.124. The molecule has 2 heterocycles. The van der Waals surface area contributed by atoms with Gasteiger partial charge in [0, 0.05) is 18.9 Å². The van der Waals surface area contributed by atoms with Crippen molar-refractivity contribution in [3.63, 3.8) is 0 Å². The van der Waals surface area contributed by atoms with Crippen LogP contribution in [0.2, 0.25) is 0 Å². The summed E-state index contributed by atoms with van der Waals surface area (Å²) in [7, 11) is 0. The number of aliphatic carboxylic acids is 1. The number of piperidine rings is 1. The van der Waals surface area contributed by atoms with Crippen LogP contribution in [0, 0.1) is 5.92 Å². The van der Waals surface area contributed by atoms with Gasteiger partial charge < -0.3 is 10.4 Å². The second kappa shape index (κ2) is 2.89. The molecule has 80 valence electrons. The van der Waals surface area contributed by atoms with Gasteiger partial charge in [-0.2, -0.15) is 0 Å². The van der Waals surface area contributed by atoms with Crippen LogP contribution < -0.4 is 5.32 Å². The second-order valence-corrected chi connectivity index (χ2v) is 4.26. The van der Waals surface area contributed by atoms with Gasteiger partial charge in [0.05, 0.1) is 0 Å². The number of carboxylic acids is 1. The maximum atomic E-state index is 13.4. The minimum atomic E-state index is -2.69. The van der Waals surface area contributed by atoms with Gasteiger partial charge in [-0.25, -0.2) is 8.78 Å². The third-order valence-corrected chi connectivity index (χ3v) is 3.50. The van der Waals surface area contributed by atoms with E-state index in [-0.39, 0.29) is 19.4 Å². The molecule has 1 aliphatic carbocycles. The van der Waals surface area contributed by atoms with Crippen LogP contribution in [0.4, 0.5) is 8.78 Å². The Morgan fingerprint density at radius 1 is 1.36 bits per heavy atom. The molecule has 0 aromatic rings. The van der Waals surface area contributed by atoms with E-state index in [0.29, 0.717) is 12.8 Å². The summed E-state index contributed by atoms with van der Waals surface area (Å²) in [6.07, 6.45) is 0.359. The summed E-state index contributed by atoms with van der Waals surface area (Å²) in [5.41, 5.74) is -1.09. The first-order valence-corrected chi connectivity index (χ1v) is 4.83. The maximum absolute atomic E-state index is 13.4. The van der Waals surface area contributed by atoms with Crippen LogP contribution in [0.15, 0.2) is 0 Å². The molecule has 3 nitrogen and oxygen atoms in total. The molecule has 2 saturated heterocycles. The number of carboxylic acid groups (broad SMARTS) is 1. The fourth-order valence-corrected chi connectivity index (χ4v) is 2.38. The molecular weight excluding hydrogens is 192 g/mol. The molecule has 2 atom stereocenters. The van der Waals surface area contributed by atoms with Crippen LogP contribution in [-0.2, 0) is 4.79 Å². The van der Waals surface area contributed by atoms with Crippen LogP contribution in [0.25, 0.3) is 0 Å². The van der Waals surface area contributed by atoms with Crippen molar-refractivity contribution in [2.75, 3.05) is 6.54 Å². The lowest BCUT2D eigenvalue weighted by Gasteiger charge is -2.34. The van der Waals surface area contributed by atoms with Gasteiger partial charge >= 0.3 is 5.97 Å². The van der Waals surface area contributed by atoms with Crippen LogP contribution in [0.5, 0.6) is 0 Å². The SMILES string of the molecule is O=C(O)[C@]12CC[C@@H](CN1)C(F)(F)CC2. The van der Waals surface area contributed by atoms with Crippen molar-refractivity contribution in [1.29, 1.82) is 0 Å². The summed E-state index contributed by atoms with van der Waals surface area (Å²) in [6, 6.07) is 0. The van der Waals surface area contributed by atoms with Gasteiger partial charge in [0.25, 0.3) is 5.92 Å². The van der Waals surface area contributed by atoms with Crippen molar-refractivity contribution in [1.82, 2.24) is 5.32 Å². The highest BCUT2D eigenvalue weighted by atomic mass is 19.3. The van der Waals surface area contributed by atoms with Crippen LogP contribution in [0.3, 0.4) is 0 Å². The average Bonchev–Trinajstić information content (AvgIpc) is 2.34. The predicted octanol–water partition coefficient (Wildman–Crippen LogP) is 1.24. The monoisotopic (exact) mass is 205 g/mol. The first kappa shape index (κ1) is 9.83. The van der Waals surface area contributed by atoms with E-state index in [1.165, 1.54) is 0 Å². The molecule has 0 aromatic carbocycles. The summed E-state index contributed by atoms with van der Waals surface area (Å²) in [5, 5.41) is 11.8. The standard InChI is InChI=1S/C9H13F2NO2/c10-9(11)4-3-8(7(13)14)2-1-6(9)5-12-8/h6,12H,1-5H2,(H,13,14)/t6-,8+/m0/s1. The Bertz CT molecular complexity index is 260. The molecule has 1 saturated carbocycles. The molecule has 3 fully saturated rings. The Hall–Kier alpha value is -0.710. The normalized spacial score (nSPS) is 40.6. The van der Waals surface area contributed by atoms with E-state index in [1.807, 2.05) is 0 Å². The molecule has 3 rings (SSSR count). The number of hydrogen-bond donors (Lipinski definition) is 2. The summed E-state index contributed by atoms with van der Waals surface area (Å²) >= 11 is 0. The van der Waals surface area contributed by atoms with E-state index in [1.54, 1.807) is 0 Å². The zero-order valence-electron chi connectivity index (χ0n) is 7.72. The molecule has 0 radical (unpaired) electrons. The lowest BCUT2D eigenvalue weighted by molar-refractivity contribution is -0.146. The summed E-state index contributed by atoms with van der Waals surface area (Å²) < 4.78 is 26.7. The summed E-state index contributed by atoms with van der Waals surface area (Å²) in [4.78, 5) is 11.0. The van der Waals surface area contributed by atoms with Crippen LogP contribution in [-0.4, -0.2) is 29.1 Å². The number of rotatable bonds is 1. The average molecular weight is 205 g/mol. The van der Waals surface area contributed by atoms with E-state index in [9.17, 15) is 13.6 Å². The Labute approximate surface area is 80.5 Å². The van der Waals surface area contributed by atoms with Gasteiger partial charge in [0.2, 0.25) is 0 Å². The number of hydrogen-bond acceptors (Lipinski definition) is 2. The van der Waals surface area contributed by atoms with Crippen LogP contribution >= 0.6 is 0 Å². The maximum Gasteiger partial charge on any atom is 0.323 e. The first-order chi connectivity index (χ1) is 6.46. The van der Waals surface area contributed by atoms with E-state index >= 15 is 0 Å². The van der Waals surface area contributed by atoms with Crippen LogP contribution in [0.1, 0.15) is 25.7 Å². The molecule has 14 heavy (non-hydrogen) atoms. The fourth-order valence-electron chi connectivity index (χ4n) is 2.38. The molecule has 3 aliphatic rings. The van der Waals surface area contributed by atoms with Crippen molar-refractivity contribution in [2.45, 2.75) is 37.1 Å². The van der Waals surface area contributed by atoms with Gasteiger partial charge in [-0.3, -0.25) is 4.79 Å². The van der Waals surface area contributed by atoms with Crippen molar-refractivity contribution < 1.29 is 18.7 Å². The molecule has 2 N–H and O–H groups in total. The van der Waals surface area contributed by atoms with Crippen molar-refractivity contribution in [3.05, 3.63) is 0 Å². The lowest BCUT2D eigenvalue weighted by Crippen LogP contribution is -2.55. The topological polar surface area (TPSA) is 49.3 Å². The molecule has 0 unspecified atom stereocenters. The van der Waals surface area contributed by atoms with E-state index in [4.69, 9.17) is 5.11 Å². The highest BCUT2D eigenvalue weighted by Crippen LogP contribution is 2.43. The van der Waals surface area contributed by atoms with Crippen molar-refractivity contribution in [3.8, 4) is 0 Å². The molecular formula is C9H13F2NO2. The third kappa shape index (κ3) is 1.30. The number of alkyl halides is 2. The van der Waals surface area contributed by atoms with E-state index < -0.39 is 23.3 Å². The first-order valence-electron chi connectivity index (χ1n) is 4.83. The Morgan fingerprint density at radius 2 is 2.07 bits per heavy atom. The quantitative estimate of drug-likeness (QED) is 0.677. The molecule has 2 aliphatic heterocycles. The number of carbonyl (C=O) groups is 1. The number of fused-ring (bicyclic) bond motifs is 4. The lowest BCUT2D eigenvalue weighted by atomic mass is 9.86. The molecule has 0 aromatic heterocycles. The number of nitrogens with one attached hydrogen (secondary N) is 1. The molecule has 2 bridgehead atoms. The fraction of sp³-hybridized carbons (Fsp3) is 0.889. The van der Waals surface area contributed by atoms with Crippen molar-refractivity contribution in [2.24, 2.45) is 5.92 Å². The zero-order valence-corrected chi connectivity index (χ0v) is 7.72. The third-order valence-electron chi connectivity index (χ3n) is 3.50. The Balaban J connectivity index is 2.25. The van der Waals surface area contributed by atoms with E-state index in [2.05, 4.69) is 5.32 Å². The number of halogens is 2. The van der Waals surface area contributed by atoms with Gasteiger partial charge in [0.15, 0.2) is 0 Å². The predicted molar refractivity (Wildman–Crippen MR) is 45.3 cm³/mol. The Kier molecular flexibility index (Phi) is 2.03. The zero-order chi connectivity index (χ0) is 10.4.